The molecule has 8 bridgehead atoms. The van der Waals surface area contributed by atoms with Gasteiger partial charge in [0, 0.05) is 43.8 Å². The molecule has 9 rings (SSSR count). The Morgan fingerprint density at radius 3 is 1.21 bits per heavy atom. The van der Waals surface area contributed by atoms with E-state index in [-0.39, 0.29) is 50.7 Å². The molecule has 5 heterocycles. The second kappa shape index (κ2) is 13.1. The van der Waals surface area contributed by atoms with Gasteiger partial charge in [-0.2, -0.15) is 0 Å². The first-order valence-corrected chi connectivity index (χ1v) is 20.0. The molecule has 3 aromatic heterocycles. The van der Waals surface area contributed by atoms with E-state index in [1.165, 1.54) is 12.1 Å². The van der Waals surface area contributed by atoms with E-state index in [0.29, 0.717) is 56.7 Å². The van der Waals surface area contributed by atoms with Gasteiger partial charge in [-0.1, -0.05) is 98.7 Å². The second-order valence-corrected chi connectivity index (χ2v) is 19.2. The number of hydrogen-bond acceptors (Lipinski definition) is 9. The fourth-order valence-corrected chi connectivity index (χ4v) is 7.83. The zero-order valence-electron chi connectivity index (χ0n) is 33.7. The first-order chi connectivity index (χ1) is 26.2. The van der Waals surface area contributed by atoms with Crippen LogP contribution in [0.1, 0.15) is 79.0 Å². The van der Waals surface area contributed by atoms with Gasteiger partial charge in [0.1, 0.15) is 32.7 Å². The van der Waals surface area contributed by atoms with Crippen molar-refractivity contribution >= 4 is 54.3 Å². The standard InChI is InChI=1S/C44H42N8O3S.Na/c1-42(2,3)22-10-14-26-30(18-22)38-45-34(26)47-39-32-20-24(44(7,8)9)12-16-28(32)36(49-39)51-41-33-21-25(56(53,54)55)13-17-29(33)37(52-41)50-40-31-19-23(43(4,5)6)11-15-27(31)35(46-38)48-40;/h10-21H,1-9H3,(H,53,54,55)(H2,45,46,47,48,49,50,51,52);/q;+1/p-1. The number of H-pyrrole nitrogens is 2. The van der Waals surface area contributed by atoms with E-state index in [9.17, 15) is 13.0 Å². The average Bonchev–Trinajstić information content (AvgIpc) is 3.84. The molecule has 0 fully saturated rings. The van der Waals surface area contributed by atoms with Gasteiger partial charge in [0.05, 0.1) is 4.90 Å². The minimum atomic E-state index is -4.77. The number of hydrogen-bond donors (Lipinski definition) is 2. The first kappa shape index (κ1) is 39.0. The summed E-state index contributed by atoms with van der Waals surface area (Å²) in [7, 11) is -4.77. The van der Waals surface area contributed by atoms with Crippen LogP contribution in [0, 0.1) is 0 Å². The molecule has 2 N–H and O–H groups in total. The number of aromatic amines is 2. The van der Waals surface area contributed by atoms with Crippen molar-refractivity contribution in [3.63, 3.8) is 0 Å². The van der Waals surface area contributed by atoms with Crippen LogP contribution in [0.25, 0.3) is 89.7 Å². The zero-order chi connectivity index (χ0) is 39.7. The molecule has 0 saturated carbocycles. The molecule has 282 valence electrons. The quantitative estimate of drug-likeness (QED) is 0.137. The van der Waals surface area contributed by atoms with Crippen molar-refractivity contribution in [2.75, 3.05) is 0 Å². The minimum absolute atomic E-state index is 0. The summed E-state index contributed by atoms with van der Waals surface area (Å²) in [4.78, 5) is 37.1. The van der Waals surface area contributed by atoms with Crippen LogP contribution in [-0.2, 0) is 26.4 Å². The molecular formula is C44H41N8NaO3S. The molecule has 0 saturated heterocycles. The van der Waals surface area contributed by atoms with Gasteiger partial charge in [-0.3, -0.25) is 0 Å². The number of aromatic nitrogens is 8. The van der Waals surface area contributed by atoms with Gasteiger partial charge in [-0.25, -0.2) is 38.3 Å². The third-order valence-corrected chi connectivity index (χ3v) is 11.5. The summed E-state index contributed by atoms with van der Waals surface area (Å²) >= 11 is 0. The Hall–Kier alpha value is -4.85. The van der Waals surface area contributed by atoms with E-state index in [0.717, 1.165) is 49.7 Å². The smallest absolute Gasteiger partial charge is 0.744 e. The first-order valence-electron chi connectivity index (χ1n) is 18.6. The molecule has 0 unspecified atom stereocenters. The predicted octanol–water partition coefficient (Wildman–Crippen LogP) is 6.67. The molecular weight excluding hydrogens is 744 g/mol. The van der Waals surface area contributed by atoms with E-state index in [1.54, 1.807) is 6.07 Å². The molecule has 2 aliphatic rings. The van der Waals surface area contributed by atoms with Gasteiger partial charge in [0.2, 0.25) is 0 Å². The van der Waals surface area contributed by atoms with E-state index in [2.05, 4.69) is 115 Å². The summed E-state index contributed by atoms with van der Waals surface area (Å²) in [5.41, 5.74) is 8.00. The molecule has 4 aromatic carbocycles. The second-order valence-electron chi connectivity index (χ2n) is 17.8. The summed E-state index contributed by atoms with van der Waals surface area (Å²) in [6.45, 7) is 19.5. The number of fused-ring (bicyclic) bond motifs is 20. The van der Waals surface area contributed by atoms with Gasteiger partial charge < -0.3 is 14.5 Å². The summed E-state index contributed by atoms with van der Waals surface area (Å²) in [5.74, 6) is 1.75. The van der Waals surface area contributed by atoms with Gasteiger partial charge in [0.15, 0.2) is 23.3 Å². The van der Waals surface area contributed by atoms with Gasteiger partial charge in [-0.05, 0) is 69.3 Å². The predicted molar refractivity (Wildman–Crippen MR) is 220 cm³/mol. The van der Waals surface area contributed by atoms with Gasteiger partial charge in [0.25, 0.3) is 0 Å². The minimum Gasteiger partial charge on any atom is -0.744 e. The Morgan fingerprint density at radius 2 is 0.789 bits per heavy atom. The third kappa shape index (κ3) is 6.76. The summed E-state index contributed by atoms with van der Waals surface area (Å²) in [6, 6.07) is 23.0. The Balaban J connectivity index is 0.00000455. The van der Waals surface area contributed by atoms with Crippen LogP contribution < -0.4 is 29.6 Å². The number of nitrogens with one attached hydrogen (secondary N) is 2. The summed E-state index contributed by atoms with van der Waals surface area (Å²) in [6.07, 6.45) is 0. The monoisotopic (exact) mass is 784 g/mol. The van der Waals surface area contributed by atoms with Crippen LogP contribution in [-0.4, -0.2) is 52.8 Å². The molecule has 0 spiro atoms. The molecule has 0 aliphatic carbocycles. The average molecular weight is 785 g/mol. The number of benzene rings is 4. The maximum atomic E-state index is 12.3. The fraction of sp³-hybridized carbons (Fsp3) is 0.273. The van der Waals surface area contributed by atoms with Crippen LogP contribution in [0.4, 0.5) is 0 Å². The van der Waals surface area contributed by atoms with Gasteiger partial charge >= 0.3 is 29.6 Å². The van der Waals surface area contributed by atoms with E-state index in [4.69, 9.17) is 29.9 Å². The topological polar surface area (TPSA) is 166 Å². The normalized spacial score (nSPS) is 13.1. The molecule has 0 atom stereocenters. The summed E-state index contributed by atoms with van der Waals surface area (Å²) < 4.78 is 36.8. The molecule has 7 aromatic rings. The zero-order valence-corrected chi connectivity index (χ0v) is 36.6. The van der Waals surface area contributed by atoms with Crippen LogP contribution >= 0.6 is 0 Å². The SMILES string of the molecule is CC(C)(C)c1ccc2c(c1)-c1nc-2nc2[nH]c(nc3nc(nc4[nH]c(n1)c1ccc(C(C)(C)C)cc41)-c1ccc(C(C)(C)C)cc1-3)c1ccc(S(=O)(=O)[O-])cc21.[Na+]. The van der Waals surface area contributed by atoms with Crippen LogP contribution in [0.5, 0.6) is 0 Å². The molecule has 13 heteroatoms. The fourth-order valence-electron chi connectivity index (χ4n) is 7.33. The number of nitrogens with zero attached hydrogens (tertiary/aromatic N) is 6. The van der Waals surface area contributed by atoms with Crippen molar-refractivity contribution in [1.82, 2.24) is 39.9 Å². The van der Waals surface area contributed by atoms with Crippen molar-refractivity contribution in [1.29, 1.82) is 0 Å². The molecule has 2 aliphatic heterocycles. The molecule has 57 heavy (non-hydrogen) atoms. The van der Waals surface area contributed by atoms with Crippen molar-refractivity contribution in [2.45, 2.75) is 83.5 Å². The third-order valence-electron chi connectivity index (χ3n) is 10.7. The Bertz CT molecular complexity index is 3110. The molecule has 11 nitrogen and oxygen atoms in total. The van der Waals surface area contributed by atoms with Crippen LogP contribution in [0.15, 0.2) is 77.7 Å². The maximum absolute atomic E-state index is 12.3. The molecule has 0 amide bonds. The van der Waals surface area contributed by atoms with E-state index in [1.807, 2.05) is 12.1 Å². The van der Waals surface area contributed by atoms with Crippen molar-refractivity contribution in [2.24, 2.45) is 0 Å². The van der Waals surface area contributed by atoms with E-state index < -0.39 is 10.1 Å². The van der Waals surface area contributed by atoms with Crippen LogP contribution in [0.2, 0.25) is 0 Å². The van der Waals surface area contributed by atoms with Crippen molar-refractivity contribution < 1.29 is 42.5 Å². The summed E-state index contributed by atoms with van der Waals surface area (Å²) in [5, 5.41) is 2.74. The van der Waals surface area contributed by atoms with Crippen LogP contribution in [0.3, 0.4) is 0 Å². The maximum Gasteiger partial charge on any atom is 1.00 e. The van der Waals surface area contributed by atoms with Gasteiger partial charge in [-0.15, -0.1) is 0 Å². The Morgan fingerprint density at radius 1 is 0.439 bits per heavy atom. The Labute approximate surface area is 353 Å². The number of rotatable bonds is 1. The largest absolute Gasteiger partial charge is 1.00 e. The molecule has 0 radical (unpaired) electrons. The van der Waals surface area contributed by atoms with Crippen molar-refractivity contribution in [3.8, 4) is 45.6 Å². The van der Waals surface area contributed by atoms with E-state index >= 15 is 0 Å². The van der Waals surface area contributed by atoms with Crippen molar-refractivity contribution in [3.05, 3.63) is 89.5 Å². The Kier molecular flexibility index (Phi) is 8.95.